The normalized spacial score (nSPS) is 22.5. The van der Waals surface area contributed by atoms with E-state index < -0.39 is 50.9 Å². The summed E-state index contributed by atoms with van der Waals surface area (Å²) in [6, 6.07) is 8.37. The zero-order valence-electron chi connectivity index (χ0n) is 38.4. The number of allylic oxidation sites excluding steroid dienone is 6. The second-order valence-corrected chi connectivity index (χ2v) is 18.8. The first-order valence-electron chi connectivity index (χ1n) is 21.6. The topological polar surface area (TPSA) is 139 Å². The fourth-order valence-electron chi connectivity index (χ4n) is 9.26. The molecule has 11 nitrogen and oxygen atoms in total. The Balaban J connectivity index is 1.75. The molecule has 4 aliphatic rings. The summed E-state index contributed by atoms with van der Waals surface area (Å²) in [5.41, 5.74) is 4.22. The Bertz CT molecular complexity index is 2270. The summed E-state index contributed by atoms with van der Waals surface area (Å²) in [6.45, 7) is 30.7. The third kappa shape index (κ3) is 6.54. The average Bonchev–Trinajstić information content (AvgIpc) is 3.34. The third-order valence-corrected chi connectivity index (χ3v) is 14.3. The number of para-hydroxylation sites is 1. The molecule has 0 amide bonds. The van der Waals surface area contributed by atoms with E-state index >= 15 is 0 Å². The summed E-state index contributed by atoms with van der Waals surface area (Å²) >= 11 is 0. The number of unbranched alkanes of at least 4 members (excludes halogenated alkanes) is 1. The van der Waals surface area contributed by atoms with Gasteiger partial charge in [0.05, 0.1) is 33.4 Å². The highest BCUT2D eigenvalue weighted by atomic mass is 16.4. The number of benzene rings is 2. The predicted octanol–water partition coefficient (Wildman–Crippen LogP) is 11.3. The lowest BCUT2D eigenvalue weighted by Crippen LogP contribution is -2.56. The lowest BCUT2D eigenvalue weighted by atomic mass is 9.81. The van der Waals surface area contributed by atoms with Gasteiger partial charge in [0.1, 0.15) is 17.5 Å². The van der Waals surface area contributed by atoms with Crippen molar-refractivity contribution in [3.8, 4) is 28.7 Å². The van der Waals surface area contributed by atoms with Crippen molar-refractivity contribution in [2.45, 2.75) is 164 Å². The zero-order valence-corrected chi connectivity index (χ0v) is 38.4. The molecule has 0 saturated carbocycles. The minimum Gasteiger partial charge on any atom is -0.504 e. The van der Waals surface area contributed by atoms with Gasteiger partial charge in [0.15, 0.2) is 11.5 Å². The largest absolute Gasteiger partial charge is 0.504 e. The number of hydrogen-bond donors (Lipinski definition) is 5. The molecule has 324 valence electrons. The highest BCUT2D eigenvalue weighted by Gasteiger charge is 2.60. The summed E-state index contributed by atoms with van der Waals surface area (Å²) < 4.78 is 0. The first kappa shape index (κ1) is 44.2. The number of hydrogen-bond acceptors (Lipinski definition) is 11. The number of guanidine groups is 1. The van der Waals surface area contributed by atoms with Crippen LogP contribution in [0.5, 0.6) is 28.7 Å². The molecule has 5 N–H and O–H groups in total. The van der Waals surface area contributed by atoms with Crippen molar-refractivity contribution in [3.05, 3.63) is 87.7 Å². The Morgan fingerprint density at radius 2 is 1.30 bits per heavy atom. The van der Waals surface area contributed by atoms with Crippen molar-refractivity contribution in [1.29, 1.82) is 0 Å². The second kappa shape index (κ2) is 15.6. The van der Waals surface area contributed by atoms with Crippen molar-refractivity contribution in [2.24, 2.45) is 9.98 Å². The number of aliphatic imine (C=N–C) groups is 2. The Labute approximate surface area is 357 Å². The van der Waals surface area contributed by atoms with E-state index in [4.69, 9.17) is 9.98 Å². The quantitative estimate of drug-likeness (QED) is 0.136. The van der Waals surface area contributed by atoms with Crippen molar-refractivity contribution in [1.82, 2.24) is 14.7 Å². The number of nitrogens with zero attached hydrogens (tertiary/aromatic N) is 6. The molecule has 6 rings (SSSR count). The molecule has 11 heteroatoms. The van der Waals surface area contributed by atoms with Gasteiger partial charge in [0.25, 0.3) is 0 Å². The third-order valence-electron chi connectivity index (χ3n) is 14.3. The van der Waals surface area contributed by atoms with E-state index in [9.17, 15) is 25.5 Å². The number of phenolic OH excluding ortho intramolecular Hbond substituents is 5. The van der Waals surface area contributed by atoms with E-state index in [1.165, 1.54) is 11.3 Å². The molecule has 3 aliphatic heterocycles. The maximum absolute atomic E-state index is 11.6. The van der Waals surface area contributed by atoms with E-state index in [-0.39, 0.29) is 17.7 Å². The van der Waals surface area contributed by atoms with Gasteiger partial charge in [0.2, 0.25) is 23.2 Å². The first-order valence-corrected chi connectivity index (χ1v) is 21.6. The van der Waals surface area contributed by atoms with Gasteiger partial charge in [0, 0.05) is 17.8 Å². The van der Waals surface area contributed by atoms with Crippen LogP contribution < -0.4 is 4.90 Å². The number of amidine groups is 1. The van der Waals surface area contributed by atoms with Gasteiger partial charge < -0.3 is 40.2 Å². The number of anilines is 1. The van der Waals surface area contributed by atoms with Crippen molar-refractivity contribution in [2.75, 3.05) is 4.90 Å². The summed E-state index contributed by atoms with van der Waals surface area (Å²) in [7, 11) is 0. The standard InChI is InChI=1S/C49H68N6O5/c1-15-18-27-36-52(33-25-21-19-23-30(33)5)46(7,8)48(11,12)54(36)35-28-32(17-3)38(37-39(56)41(58)43(60)42(59)40(37)57)51-45(50-35)55-44(29(4)16-2)53(47(9,10)49(55,13)14)34-26-22-20-24-31(34)6/h19-20,22-24,26-27,56-60H,15-18,21,25,28H2,1-14H3/b36-27-,44-29?. The van der Waals surface area contributed by atoms with Crippen LogP contribution in [-0.4, -0.2) is 74.2 Å². The molecule has 0 radical (unpaired) electrons. The van der Waals surface area contributed by atoms with Crippen LogP contribution in [0.1, 0.15) is 146 Å². The summed E-state index contributed by atoms with van der Waals surface area (Å²) in [4.78, 5) is 20.6. The number of rotatable bonds is 7. The minimum absolute atomic E-state index is 0.159. The number of phenols is 5. The lowest BCUT2D eigenvalue weighted by molar-refractivity contribution is 0.150. The molecule has 3 heterocycles. The maximum Gasteiger partial charge on any atom is 0.233 e. The van der Waals surface area contributed by atoms with Crippen LogP contribution in [0.3, 0.4) is 0 Å². The Morgan fingerprint density at radius 1 is 0.733 bits per heavy atom. The van der Waals surface area contributed by atoms with Crippen molar-refractivity contribution >= 4 is 23.2 Å². The Hall–Kier alpha value is -5.32. The van der Waals surface area contributed by atoms with Gasteiger partial charge in [-0.2, -0.15) is 4.99 Å². The van der Waals surface area contributed by atoms with Gasteiger partial charge >= 0.3 is 0 Å². The SMILES string of the molecule is CCC/C=C1\N(C2=NC(N3C(=C(C)CC)N(c4ccccc4C)C(C)(C)C3(C)C)=NC(c3c(O)c(O)c(O)c(O)c3O)=C(CC)C2)C(C)(C)C(C)(C)N1C1=C(C)C=CCC1. The molecular weight excluding hydrogens is 753 g/mol. The summed E-state index contributed by atoms with van der Waals surface area (Å²) in [6.07, 6.45) is 11.9. The molecule has 1 aliphatic carbocycles. The Kier molecular flexibility index (Phi) is 11.5. The van der Waals surface area contributed by atoms with E-state index in [1.54, 1.807) is 0 Å². The van der Waals surface area contributed by atoms with E-state index in [1.807, 2.05) is 13.0 Å². The van der Waals surface area contributed by atoms with Crippen LogP contribution in [-0.2, 0) is 0 Å². The number of aryl methyl sites for hydroxylation is 1. The van der Waals surface area contributed by atoms with E-state index in [0.717, 1.165) is 66.4 Å². The van der Waals surface area contributed by atoms with E-state index in [2.05, 4.69) is 146 Å². The first-order chi connectivity index (χ1) is 28.0. The molecule has 0 unspecified atom stereocenters. The maximum atomic E-state index is 11.6. The molecule has 0 atom stereocenters. The van der Waals surface area contributed by atoms with Crippen LogP contribution in [0.4, 0.5) is 5.69 Å². The van der Waals surface area contributed by atoms with Crippen molar-refractivity contribution < 1.29 is 25.5 Å². The smallest absolute Gasteiger partial charge is 0.233 e. The van der Waals surface area contributed by atoms with Crippen LogP contribution >= 0.6 is 0 Å². The fourth-order valence-corrected chi connectivity index (χ4v) is 9.26. The Morgan fingerprint density at radius 3 is 1.87 bits per heavy atom. The monoisotopic (exact) mass is 821 g/mol. The lowest BCUT2D eigenvalue weighted by Gasteiger charge is -2.44. The average molecular weight is 821 g/mol. The summed E-state index contributed by atoms with van der Waals surface area (Å²) in [5.74, 6) is -1.47. The van der Waals surface area contributed by atoms with Gasteiger partial charge in [-0.05, 0) is 143 Å². The predicted molar refractivity (Wildman–Crippen MR) is 244 cm³/mol. The van der Waals surface area contributed by atoms with Crippen molar-refractivity contribution in [3.63, 3.8) is 0 Å². The molecule has 0 spiro atoms. The molecule has 2 aromatic rings. The molecule has 2 saturated heterocycles. The molecular formula is C49H68N6O5. The summed E-state index contributed by atoms with van der Waals surface area (Å²) in [5, 5.41) is 55.5. The molecule has 60 heavy (non-hydrogen) atoms. The molecule has 2 aromatic carbocycles. The zero-order chi connectivity index (χ0) is 44.4. The fraction of sp³-hybridized carbons (Fsp3) is 0.510. The van der Waals surface area contributed by atoms with Crippen LogP contribution in [0.15, 0.2) is 86.5 Å². The van der Waals surface area contributed by atoms with E-state index in [0.29, 0.717) is 18.0 Å². The van der Waals surface area contributed by atoms with Gasteiger partial charge in [-0.15, -0.1) is 0 Å². The highest BCUT2D eigenvalue weighted by Crippen LogP contribution is 2.57. The van der Waals surface area contributed by atoms with Gasteiger partial charge in [-0.3, -0.25) is 4.90 Å². The van der Waals surface area contributed by atoms with Crippen LogP contribution in [0.2, 0.25) is 0 Å². The van der Waals surface area contributed by atoms with Crippen LogP contribution in [0.25, 0.3) is 5.70 Å². The molecule has 0 aromatic heterocycles. The molecule has 0 bridgehead atoms. The minimum atomic E-state index is -1.02. The number of aromatic hydroxyl groups is 5. The van der Waals surface area contributed by atoms with Crippen LogP contribution in [0, 0.1) is 6.92 Å². The molecule has 2 fully saturated rings. The second-order valence-electron chi connectivity index (χ2n) is 18.8. The highest BCUT2D eigenvalue weighted by molar-refractivity contribution is 6.05. The van der Waals surface area contributed by atoms with Gasteiger partial charge in [-0.1, -0.05) is 57.5 Å². The van der Waals surface area contributed by atoms with Gasteiger partial charge in [-0.25, -0.2) is 4.99 Å².